The third-order valence-electron chi connectivity index (χ3n) is 3.25. The Labute approximate surface area is 141 Å². The number of alkyl carbamates (subject to hydrolysis) is 1. The van der Waals surface area contributed by atoms with Crippen LogP contribution in [0.3, 0.4) is 0 Å². The van der Waals surface area contributed by atoms with Gasteiger partial charge in [0.25, 0.3) is 0 Å². The van der Waals surface area contributed by atoms with Gasteiger partial charge in [-0.25, -0.2) is 4.79 Å². The van der Waals surface area contributed by atoms with Crippen LogP contribution in [0.5, 0.6) is 0 Å². The van der Waals surface area contributed by atoms with Gasteiger partial charge < -0.3 is 14.8 Å². The first-order valence-electron chi connectivity index (χ1n) is 8.91. The summed E-state index contributed by atoms with van der Waals surface area (Å²) >= 11 is 0. The molecular formula is C18H35NO4. The zero-order chi connectivity index (χ0) is 17.6. The molecule has 0 aromatic rings. The second kappa shape index (κ2) is 13.2. The minimum Gasteiger partial charge on any atom is -0.466 e. The summed E-state index contributed by atoms with van der Waals surface area (Å²) in [6.07, 6.45) is 8.05. The topological polar surface area (TPSA) is 64.6 Å². The van der Waals surface area contributed by atoms with E-state index in [2.05, 4.69) is 12.2 Å². The fourth-order valence-electron chi connectivity index (χ4n) is 1.92. The number of nitrogens with one attached hydrogen (secondary N) is 1. The lowest BCUT2D eigenvalue weighted by Crippen LogP contribution is -2.30. The predicted molar refractivity (Wildman–Crippen MR) is 92.4 cm³/mol. The van der Waals surface area contributed by atoms with Gasteiger partial charge >= 0.3 is 12.1 Å². The van der Waals surface area contributed by atoms with Crippen molar-refractivity contribution in [2.75, 3.05) is 19.8 Å². The van der Waals surface area contributed by atoms with Crippen molar-refractivity contribution in [3.05, 3.63) is 0 Å². The van der Waals surface area contributed by atoms with E-state index in [0.29, 0.717) is 13.2 Å². The van der Waals surface area contributed by atoms with Gasteiger partial charge in [0.2, 0.25) is 0 Å². The Balaban J connectivity index is 3.42. The molecule has 0 spiro atoms. The third kappa shape index (κ3) is 16.9. The van der Waals surface area contributed by atoms with Gasteiger partial charge in [0.1, 0.15) is 0 Å². The first-order valence-corrected chi connectivity index (χ1v) is 8.91. The Morgan fingerprint density at radius 3 is 2.13 bits per heavy atom. The van der Waals surface area contributed by atoms with Crippen molar-refractivity contribution in [1.82, 2.24) is 5.32 Å². The maximum Gasteiger partial charge on any atom is 0.407 e. The number of unbranched alkanes of at least 4 members (excludes halogenated alkanes) is 6. The van der Waals surface area contributed by atoms with E-state index >= 15 is 0 Å². The number of carbonyl (C=O) groups excluding carboxylic acids is 2. The summed E-state index contributed by atoms with van der Waals surface area (Å²) in [6.45, 7) is 9.24. The molecule has 0 fully saturated rings. The summed E-state index contributed by atoms with van der Waals surface area (Å²) in [4.78, 5) is 22.9. The molecule has 0 aliphatic heterocycles. The van der Waals surface area contributed by atoms with E-state index in [9.17, 15) is 9.59 Å². The average Bonchev–Trinajstić information content (AvgIpc) is 2.47. The number of hydrogen-bond acceptors (Lipinski definition) is 4. The van der Waals surface area contributed by atoms with Crippen LogP contribution in [0.15, 0.2) is 0 Å². The second-order valence-electron chi connectivity index (χ2n) is 7.16. The van der Waals surface area contributed by atoms with E-state index in [1.807, 2.05) is 20.8 Å². The molecule has 0 radical (unpaired) electrons. The maximum absolute atomic E-state index is 11.5. The molecule has 0 saturated carbocycles. The number of rotatable bonds is 12. The van der Waals surface area contributed by atoms with Gasteiger partial charge in [-0.3, -0.25) is 4.79 Å². The lowest BCUT2D eigenvalue weighted by molar-refractivity contribution is -0.143. The number of esters is 1. The lowest BCUT2D eigenvalue weighted by atomic mass is 9.99. The van der Waals surface area contributed by atoms with Gasteiger partial charge in [-0.05, 0) is 11.8 Å². The molecule has 0 atom stereocenters. The third-order valence-corrected chi connectivity index (χ3v) is 3.25. The summed E-state index contributed by atoms with van der Waals surface area (Å²) in [7, 11) is 0. The van der Waals surface area contributed by atoms with E-state index in [1.165, 1.54) is 32.1 Å². The molecule has 0 aromatic carbocycles. The summed E-state index contributed by atoms with van der Waals surface area (Å²) in [5, 5.41) is 2.55. The largest absolute Gasteiger partial charge is 0.466 e. The highest BCUT2D eigenvalue weighted by molar-refractivity contribution is 5.71. The van der Waals surface area contributed by atoms with Crippen LogP contribution in [0.25, 0.3) is 0 Å². The molecule has 0 rings (SSSR count). The highest BCUT2D eigenvalue weighted by Crippen LogP contribution is 2.12. The number of carbonyl (C=O) groups is 2. The van der Waals surface area contributed by atoms with Crippen molar-refractivity contribution in [3.8, 4) is 0 Å². The van der Waals surface area contributed by atoms with E-state index in [1.54, 1.807) is 0 Å². The van der Waals surface area contributed by atoms with Crippen LogP contribution in [0.2, 0.25) is 0 Å². The van der Waals surface area contributed by atoms with Crippen LogP contribution >= 0.6 is 0 Å². The predicted octanol–water partition coefficient (Wildman–Crippen LogP) is 4.44. The normalized spacial score (nSPS) is 11.1. The molecule has 0 unspecified atom stereocenters. The monoisotopic (exact) mass is 329 g/mol. The molecule has 136 valence electrons. The highest BCUT2D eigenvalue weighted by atomic mass is 16.5. The van der Waals surface area contributed by atoms with Crippen molar-refractivity contribution >= 4 is 12.1 Å². The SMILES string of the molecule is CCCCCCCCCOC(=O)CCNC(=O)OCC(C)(C)C. The molecule has 0 aromatic heterocycles. The molecule has 1 N–H and O–H groups in total. The summed E-state index contributed by atoms with van der Waals surface area (Å²) in [6, 6.07) is 0. The molecule has 0 bridgehead atoms. The highest BCUT2D eigenvalue weighted by Gasteiger charge is 2.13. The second-order valence-corrected chi connectivity index (χ2v) is 7.16. The Morgan fingerprint density at radius 1 is 0.913 bits per heavy atom. The van der Waals surface area contributed by atoms with Gasteiger partial charge in [-0.1, -0.05) is 66.2 Å². The van der Waals surface area contributed by atoms with Gasteiger partial charge in [-0.15, -0.1) is 0 Å². The number of ether oxygens (including phenoxy) is 2. The fourth-order valence-corrected chi connectivity index (χ4v) is 1.92. The summed E-state index contributed by atoms with van der Waals surface area (Å²) in [5.74, 6) is -0.271. The molecule has 1 amide bonds. The van der Waals surface area contributed by atoms with Crippen molar-refractivity contribution < 1.29 is 19.1 Å². The average molecular weight is 329 g/mol. The quantitative estimate of drug-likeness (QED) is 0.424. The first-order chi connectivity index (χ1) is 10.8. The summed E-state index contributed by atoms with van der Waals surface area (Å²) < 4.78 is 10.2. The minimum atomic E-state index is -0.486. The molecule has 5 nitrogen and oxygen atoms in total. The maximum atomic E-state index is 11.5. The van der Waals surface area contributed by atoms with E-state index in [-0.39, 0.29) is 24.3 Å². The molecular weight excluding hydrogens is 294 g/mol. The van der Waals surface area contributed by atoms with Crippen molar-refractivity contribution in [2.45, 2.75) is 79.1 Å². The minimum absolute atomic E-state index is 0.0627. The first kappa shape index (κ1) is 21.7. The van der Waals surface area contributed by atoms with Crippen LogP contribution in [0.1, 0.15) is 79.1 Å². The molecule has 0 saturated heterocycles. The zero-order valence-electron chi connectivity index (χ0n) is 15.4. The van der Waals surface area contributed by atoms with Crippen LogP contribution < -0.4 is 5.32 Å². The van der Waals surface area contributed by atoms with Crippen LogP contribution in [0, 0.1) is 5.41 Å². The number of amides is 1. The lowest BCUT2D eigenvalue weighted by Gasteiger charge is -2.17. The van der Waals surface area contributed by atoms with Gasteiger partial charge in [0.15, 0.2) is 0 Å². The van der Waals surface area contributed by atoms with Crippen LogP contribution in [-0.4, -0.2) is 31.8 Å². The van der Waals surface area contributed by atoms with Gasteiger partial charge in [0, 0.05) is 6.54 Å². The molecule has 5 heteroatoms. The van der Waals surface area contributed by atoms with Gasteiger partial charge in [-0.2, -0.15) is 0 Å². The Morgan fingerprint density at radius 2 is 1.52 bits per heavy atom. The van der Waals surface area contributed by atoms with E-state index < -0.39 is 6.09 Å². The summed E-state index contributed by atoms with van der Waals surface area (Å²) in [5.41, 5.74) is -0.0627. The Bertz CT molecular complexity index is 323. The van der Waals surface area contributed by atoms with E-state index in [0.717, 1.165) is 12.8 Å². The molecule has 23 heavy (non-hydrogen) atoms. The molecule has 0 aliphatic carbocycles. The zero-order valence-corrected chi connectivity index (χ0v) is 15.4. The molecule has 0 aliphatic rings. The smallest absolute Gasteiger partial charge is 0.407 e. The van der Waals surface area contributed by atoms with E-state index in [4.69, 9.17) is 9.47 Å². The molecule has 0 heterocycles. The van der Waals surface area contributed by atoms with Crippen molar-refractivity contribution in [2.24, 2.45) is 5.41 Å². The van der Waals surface area contributed by atoms with Crippen molar-refractivity contribution in [3.63, 3.8) is 0 Å². The van der Waals surface area contributed by atoms with Gasteiger partial charge in [0.05, 0.1) is 19.6 Å². The number of hydrogen-bond donors (Lipinski definition) is 1. The van der Waals surface area contributed by atoms with Crippen LogP contribution in [-0.2, 0) is 14.3 Å². The van der Waals surface area contributed by atoms with Crippen LogP contribution in [0.4, 0.5) is 4.79 Å². The standard InChI is InChI=1S/C18H35NO4/c1-5-6-7-8-9-10-11-14-22-16(20)12-13-19-17(21)23-15-18(2,3)4/h5-15H2,1-4H3,(H,19,21). The Hall–Kier alpha value is -1.26. The van der Waals surface area contributed by atoms with Crippen molar-refractivity contribution in [1.29, 1.82) is 0 Å². The Kier molecular flexibility index (Phi) is 12.5. The fraction of sp³-hybridized carbons (Fsp3) is 0.889.